The summed E-state index contributed by atoms with van der Waals surface area (Å²) in [5.74, 6) is -1.15. The van der Waals surface area contributed by atoms with Gasteiger partial charge in [0.05, 0.1) is 16.8 Å². The van der Waals surface area contributed by atoms with Gasteiger partial charge in [0.25, 0.3) is 11.8 Å². The third kappa shape index (κ3) is 4.39. The van der Waals surface area contributed by atoms with Crippen molar-refractivity contribution in [3.63, 3.8) is 0 Å². The van der Waals surface area contributed by atoms with E-state index in [2.05, 4.69) is 10.6 Å². The number of hydrogen-bond donors (Lipinski definition) is 2. The van der Waals surface area contributed by atoms with Crippen molar-refractivity contribution in [2.24, 2.45) is 5.92 Å². The molecular formula is C18H19FN2O2. The number of halogens is 1. The minimum Gasteiger partial charge on any atom is -0.352 e. The van der Waals surface area contributed by atoms with E-state index in [1.54, 1.807) is 30.3 Å². The molecule has 0 spiro atoms. The Morgan fingerprint density at radius 2 is 1.57 bits per heavy atom. The minimum atomic E-state index is -0.605. The van der Waals surface area contributed by atoms with Crippen molar-refractivity contribution in [3.8, 4) is 0 Å². The van der Waals surface area contributed by atoms with Crippen molar-refractivity contribution >= 4 is 17.5 Å². The van der Waals surface area contributed by atoms with Crippen molar-refractivity contribution in [1.82, 2.24) is 5.32 Å². The predicted octanol–water partition coefficient (Wildman–Crippen LogP) is 3.46. The van der Waals surface area contributed by atoms with Gasteiger partial charge < -0.3 is 10.6 Å². The van der Waals surface area contributed by atoms with E-state index in [0.29, 0.717) is 23.7 Å². The average Bonchev–Trinajstić information content (AvgIpc) is 2.53. The summed E-state index contributed by atoms with van der Waals surface area (Å²) in [5, 5.41) is 5.40. The highest BCUT2D eigenvalue weighted by molar-refractivity contribution is 6.09. The van der Waals surface area contributed by atoms with Crippen LogP contribution in [0.2, 0.25) is 0 Å². The lowest BCUT2D eigenvalue weighted by molar-refractivity contribution is 0.0950. The van der Waals surface area contributed by atoms with Crippen LogP contribution in [0.5, 0.6) is 0 Å². The van der Waals surface area contributed by atoms with Crippen molar-refractivity contribution in [2.75, 3.05) is 11.9 Å². The van der Waals surface area contributed by atoms with E-state index in [9.17, 15) is 14.0 Å². The average molecular weight is 314 g/mol. The van der Waals surface area contributed by atoms with Crippen LogP contribution < -0.4 is 10.6 Å². The highest BCUT2D eigenvalue weighted by atomic mass is 19.1. The number of benzene rings is 2. The van der Waals surface area contributed by atoms with E-state index in [4.69, 9.17) is 0 Å². The molecule has 0 saturated heterocycles. The molecule has 0 saturated carbocycles. The summed E-state index contributed by atoms with van der Waals surface area (Å²) in [6.07, 6.45) is 0. The number of para-hydroxylation sites is 1. The molecule has 2 aromatic rings. The Balaban J connectivity index is 2.19. The molecule has 0 aliphatic rings. The number of carbonyl (C=O) groups excluding carboxylic acids is 2. The van der Waals surface area contributed by atoms with E-state index >= 15 is 0 Å². The second kappa shape index (κ2) is 7.54. The fraction of sp³-hybridized carbons (Fsp3) is 0.222. The molecule has 0 radical (unpaired) electrons. The molecule has 0 aliphatic heterocycles. The standard InChI is InChI=1S/C18H19FN2O2/c1-12(2)11-20-17(22)14-8-4-6-10-16(14)21-18(23)13-7-3-5-9-15(13)19/h3-10,12H,11H2,1-2H3,(H,20,22)(H,21,23). The Kier molecular flexibility index (Phi) is 5.46. The molecule has 120 valence electrons. The zero-order valence-corrected chi connectivity index (χ0v) is 13.1. The van der Waals surface area contributed by atoms with Crippen LogP contribution in [0.1, 0.15) is 34.6 Å². The van der Waals surface area contributed by atoms with E-state index in [0.717, 1.165) is 0 Å². The van der Waals surface area contributed by atoms with Crippen LogP contribution in [0, 0.1) is 11.7 Å². The van der Waals surface area contributed by atoms with Crippen LogP contribution in [0.3, 0.4) is 0 Å². The molecule has 0 unspecified atom stereocenters. The molecule has 0 bridgehead atoms. The Morgan fingerprint density at radius 1 is 0.957 bits per heavy atom. The molecule has 0 aliphatic carbocycles. The van der Waals surface area contributed by atoms with Crippen LogP contribution in [-0.4, -0.2) is 18.4 Å². The molecular weight excluding hydrogens is 295 g/mol. The monoisotopic (exact) mass is 314 g/mol. The molecule has 2 rings (SSSR count). The second-order valence-electron chi connectivity index (χ2n) is 5.58. The van der Waals surface area contributed by atoms with Crippen molar-refractivity contribution < 1.29 is 14.0 Å². The molecule has 0 fully saturated rings. The topological polar surface area (TPSA) is 58.2 Å². The normalized spacial score (nSPS) is 10.4. The molecule has 23 heavy (non-hydrogen) atoms. The maximum absolute atomic E-state index is 13.7. The van der Waals surface area contributed by atoms with Crippen LogP contribution >= 0.6 is 0 Å². The van der Waals surface area contributed by atoms with Gasteiger partial charge in [-0.15, -0.1) is 0 Å². The molecule has 0 atom stereocenters. The Labute approximate surface area is 134 Å². The van der Waals surface area contributed by atoms with Gasteiger partial charge in [0, 0.05) is 6.54 Å². The van der Waals surface area contributed by atoms with Gasteiger partial charge in [-0.1, -0.05) is 38.1 Å². The van der Waals surface area contributed by atoms with Gasteiger partial charge in [-0.3, -0.25) is 9.59 Å². The number of carbonyl (C=O) groups is 2. The zero-order chi connectivity index (χ0) is 16.8. The molecule has 2 aromatic carbocycles. The number of anilines is 1. The first-order valence-corrected chi connectivity index (χ1v) is 7.42. The SMILES string of the molecule is CC(C)CNC(=O)c1ccccc1NC(=O)c1ccccc1F. The van der Waals surface area contributed by atoms with Gasteiger partial charge in [-0.2, -0.15) is 0 Å². The number of amides is 2. The number of nitrogens with one attached hydrogen (secondary N) is 2. The van der Waals surface area contributed by atoms with E-state index < -0.39 is 11.7 Å². The van der Waals surface area contributed by atoms with Gasteiger partial charge in [-0.05, 0) is 30.2 Å². The largest absolute Gasteiger partial charge is 0.352 e. The summed E-state index contributed by atoms with van der Waals surface area (Å²) >= 11 is 0. The predicted molar refractivity (Wildman–Crippen MR) is 88.0 cm³/mol. The van der Waals surface area contributed by atoms with E-state index in [-0.39, 0.29) is 11.5 Å². The Hall–Kier alpha value is -2.69. The van der Waals surface area contributed by atoms with Gasteiger partial charge >= 0.3 is 0 Å². The van der Waals surface area contributed by atoms with Crippen LogP contribution in [0.15, 0.2) is 48.5 Å². The third-order valence-corrected chi connectivity index (χ3v) is 3.21. The first kappa shape index (κ1) is 16.7. The maximum atomic E-state index is 13.7. The summed E-state index contributed by atoms with van der Waals surface area (Å²) in [4.78, 5) is 24.4. The smallest absolute Gasteiger partial charge is 0.258 e. The van der Waals surface area contributed by atoms with E-state index in [1.807, 2.05) is 13.8 Å². The molecule has 5 heteroatoms. The number of rotatable bonds is 5. The molecule has 0 aromatic heterocycles. The van der Waals surface area contributed by atoms with Crippen LogP contribution in [0.4, 0.5) is 10.1 Å². The lowest BCUT2D eigenvalue weighted by Crippen LogP contribution is -2.28. The van der Waals surface area contributed by atoms with Gasteiger partial charge in [0.1, 0.15) is 5.82 Å². The summed E-state index contributed by atoms with van der Waals surface area (Å²) < 4.78 is 13.7. The van der Waals surface area contributed by atoms with Crippen molar-refractivity contribution in [2.45, 2.75) is 13.8 Å². The molecule has 0 heterocycles. The molecule has 4 nitrogen and oxygen atoms in total. The van der Waals surface area contributed by atoms with E-state index in [1.165, 1.54) is 18.2 Å². The summed E-state index contributed by atoms with van der Waals surface area (Å²) in [6.45, 7) is 4.52. The maximum Gasteiger partial charge on any atom is 0.258 e. The highest BCUT2D eigenvalue weighted by Gasteiger charge is 2.16. The quantitative estimate of drug-likeness (QED) is 0.888. The fourth-order valence-corrected chi connectivity index (χ4v) is 2.02. The summed E-state index contributed by atoms with van der Waals surface area (Å²) in [5.41, 5.74) is 0.629. The summed E-state index contributed by atoms with van der Waals surface area (Å²) in [7, 11) is 0. The van der Waals surface area contributed by atoms with Crippen LogP contribution in [0.25, 0.3) is 0 Å². The Morgan fingerprint density at radius 3 is 2.22 bits per heavy atom. The first-order chi connectivity index (χ1) is 11.0. The van der Waals surface area contributed by atoms with Crippen molar-refractivity contribution in [3.05, 3.63) is 65.5 Å². The third-order valence-electron chi connectivity index (χ3n) is 3.21. The van der Waals surface area contributed by atoms with Gasteiger partial charge in [0.2, 0.25) is 0 Å². The van der Waals surface area contributed by atoms with Crippen molar-refractivity contribution in [1.29, 1.82) is 0 Å². The molecule has 2 amide bonds. The van der Waals surface area contributed by atoms with Gasteiger partial charge in [0.15, 0.2) is 0 Å². The first-order valence-electron chi connectivity index (χ1n) is 7.42. The fourth-order valence-electron chi connectivity index (χ4n) is 2.02. The minimum absolute atomic E-state index is 0.0649. The Bertz CT molecular complexity index is 714. The lowest BCUT2D eigenvalue weighted by atomic mass is 10.1. The number of hydrogen-bond acceptors (Lipinski definition) is 2. The van der Waals surface area contributed by atoms with Gasteiger partial charge in [-0.25, -0.2) is 4.39 Å². The molecule has 2 N–H and O–H groups in total. The second-order valence-corrected chi connectivity index (χ2v) is 5.58. The summed E-state index contributed by atoms with van der Waals surface area (Å²) in [6, 6.07) is 12.4. The lowest BCUT2D eigenvalue weighted by Gasteiger charge is -2.12. The zero-order valence-electron chi connectivity index (χ0n) is 13.1. The van der Waals surface area contributed by atoms with Crippen LogP contribution in [-0.2, 0) is 0 Å². The highest BCUT2D eigenvalue weighted by Crippen LogP contribution is 2.17.